The molecule has 0 atom stereocenters. The Morgan fingerprint density at radius 1 is 1.23 bits per heavy atom. The van der Waals surface area contributed by atoms with E-state index in [1.54, 1.807) is 30.2 Å². The van der Waals surface area contributed by atoms with Gasteiger partial charge in [-0.3, -0.25) is 14.5 Å². The van der Waals surface area contributed by atoms with Crippen molar-refractivity contribution >= 4 is 44.1 Å². The molecule has 0 fully saturated rings. The minimum atomic E-state index is -0.609. The van der Waals surface area contributed by atoms with Crippen molar-refractivity contribution in [1.29, 1.82) is 0 Å². The molecule has 0 unspecified atom stereocenters. The maximum absolute atomic E-state index is 13.9. The molecule has 0 saturated carbocycles. The molecule has 5 aromatic rings. The van der Waals surface area contributed by atoms with Crippen molar-refractivity contribution in [2.24, 2.45) is 7.05 Å². The Morgan fingerprint density at radius 3 is 2.81 bits per heavy atom. The Morgan fingerprint density at radius 2 is 2.03 bits per heavy atom. The third-order valence-electron chi connectivity index (χ3n) is 4.85. The van der Waals surface area contributed by atoms with E-state index in [0.717, 1.165) is 22.0 Å². The van der Waals surface area contributed by atoms with Crippen LogP contribution in [0.15, 0.2) is 46.4 Å². The molecule has 11 heteroatoms. The van der Waals surface area contributed by atoms with E-state index in [1.807, 2.05) is 0 Å². The van der Waals surface area contributed by atoms with Gasteiger partial charge in [-0.1, -0.05) is 11.6 Å². The highest BCUT2D eigenvalue weighted by atomic mass is 35.5. The van der Waals surface area contributed by atoms with Gasteiger partial charge in [0.25, 0.3) is 5.56 Å². The van der Waals surface area contributed by atoms with Gasteiger partial charge in [0, 0.05) is 29.1 Å². The van der Waals surface area contributed by atoms with Gasteiger partial charge in [0.15, 0.2) is 11.6 Å². The van der Waals surface area contributed by atoms with Crippen molar-refractivity contribution in [2.75, 3.05) is 7.11 Å². The Bertz CT molecular complexity index is 1620. The molecule has 8 nitrogen and oxygen atoms in total. The van der Waals surface area contributed by atoms with Crippen LogP contribution in [0.25, 0.3) is 37.2 Å². The number of aromatic amines is 1. The minimum Gasteiger partial charge on any atom is -0.494 e. The van der Waals surface area contributed by atoms with E-state index in [4.69, 9.17) is 16.3 Å². The lowest BCUT2D eigenvalue weighted by atomic mass is 10.1. The van der Waals surface area contributed by atoms with E-state index in [9.17, 15) is 14.0 Å². The molecule has 31 heavy (non-hydrogen) atoms. The number of methoxy groups -OCH3 is 1. The van der Waals surface area contributed by atoms with Crippen LogP contribution in [-0.2, 0) is 7.05 Å². The first-order valence-corrected chi connectivity index (χ1v) is 10.2. The number of rotatable bonds is 3. The zero-order valence-corrected chi connectivity index (χ0v) is 17.7. The molecule has 1 N–H and O–H groups in total. The van der Waals surface area contributed by atoms with Crippen LogP contribution in [0.2, 0.25) is 5.02 Å². The van der Waals surface area contributed by atoms with Gasteiger partial charge in [0.1, 0.15) is 10.2 Å². The molecule has 1 aromatic carbocycles. The van der Waals surface area contributed by atoms with E-state index in [0.29, 0.717) is 37.2 Å². The molecule has 0 radical (unpaired) electrons. The number of halogens is 2. The molecule has 0 amide bonds. The monoisotopic (exact) mass is 457 g/mol. The molecule has 5 rings (SSSR count). The maximum atomic E-state index is 13.9. The molecule has 4 heterocycles. The number of aromatic nitrogens is 5. The molecule has 0 aliphatic rings. The van der Waals surface area contributed by atoms with Gasteiger partial charge >= 0.3 is 5.69 Å². The average Bonchev–Trinajstić information content (AvgIpc) is 3.31. The molecule has 0 aliphatic heterocycles. The third kappa shape index (κ3) is 3.03. The number of thiophene rings is 1. The summed E-state index contributed by atoms with van der Waals surface area (Å²) in [5.74, 6) is -0.567. The number of hydrogen-bond donors (Lipinski definition) is 1. The molecule has 4 aromatic heterocycles. The lowest BCUT2D eigenvalue weighted by Gasteiger charge is -2.06. The summed E-state index contributed by atoms with van der Waals surface area (Å²) in [7, 11) is 3.09. The second-order valence-electron chi connectivity index (χ2n) is 6.78. The first-order chi connectivity index (χ1) is 14.9. The minimum absolute atomic E-state index is 0.0251. The number of fused-ring (bicyclic) bond motifs is 2. The zero-order valence-electron chi connectivity index (χ0n) is 16.1. The number of nitrogens with zero attached hydrogens (tertiary/aromatic N) is 4. The fraction of sp³-hybridized carbons (Fsp3) is 0.100. The van der Waals surface area contributed by atoms with Crippen molar-refractivity contribution in [1.82, 2.24) is 24.3 Å². The highest BCUT2D eigenvalue weighted by molar-refractivity contribution is 7.22. The van der Waals surface area contributed by atoms with Gasteiger partial charge in [0.05, 0.1) is 35.7 Å². The third-order valence-corrected chi connectivity index (χ3v) is 6.32. The Labute approximate surface area is 182 Å². The summed E-state index contributed by atoms with van der Waals surface area (Å²) in [6.07, 6.45) is 4.72. The van der Waals surface area contributed by atoms with Crippen LogP contribution in [-0.4, -0.2) is 31.4 Å². The van der Waals surface area contributed by atoms with Gasteiger partial charge in [-0.2, -0.15) is 5.10 Å². The van der Waals surface area contributed by atoms with Gasteiger partial charge in [-0.25, -0.2) is 13.8 Å². The molecule has 0 bridgehead atoms. The number of hydrogen-bond acceptors (Lipinski definition) is 6. The summed E-state index contributed by atoms with van der Waals surface area (Å²) in [5, 5.41) is 5.05. The summed E-state index contributed by atoms with van der Waals surface area (Å²) in [6.45, 7) is 0. The first kappa shape index (κ1) is 19.5. The number of pyridine rings is 1. The maximum Gasteiger partial charge on any atom is 0.333 e. The number of aryl methyl sites for hydroxylation is 1. The van der Waals surface area contributed by atoms with Crippen LogP contribution in [0.1, 0.15) is 0 Å². The van der Waals surface area contributed by atoms with Crippen LogP contribution >= 0.6 is 22.9 Å². The predicted molar refractivity (Wildman–Crippen MR) is 117 cm³/mol. The Balaban J connectivity index is 1.76. The summed E-state index contributed by atoms with van der Waals surface area (Å²) in [6, 6.07) is 4.24. The predicted octanol–water partition coefficient (Wildman–Crippen LogP) is 3.49. The first-order valence-electron chi connectivity index (χ1n) is 8.97. The molecule has 156 valence electrons. The van der Waals surface area contributed by atoms with Gasteiger partial charge in [-0.05, 0) is 18.2 Å². The van der Waals surface area contributed by atoms with E-state index >= 15 is 0 Å². The molecule has 0 spiro atoms. The Kier molecular flexibility index (Phi) is 4.42. The van der Waals surface area contributed by atoms with Crippen LogP contribution in [0.4, 0.5) is 4.39 Å². The molecular weight excluding hydrogens is 445 g/mol. The highest BCUT2D eigenvalue weighted by Crippen LogP contribution is 2.38. The highest BCUT2D eigenvalue weighted by Gasteiger charge is 2.18. The summed E-state index contributed by atoms with van der Waals surface area (Å²) >= 11 is 7.36. The van der Waals surface area contributed by atoms with E-state index in [2.05, 4.69) is 15.1 Å². The van der Waals surface area contributed by atoms with Gasteiger partial charge in [-0.15, -0.1) is 11.3 Å². The fourth-order valence-electron chi connectivity index (χ4n) is 3.46. The van der Waals surface area contributed by atoms with Crippen molar-refractivity contribution in [3.05, 3.63) is 68.5 Å². The molecule has 0 aliphatic carbocycles. The van der Waals surface area contributed by atoms with Gasteiger partial charge < -0.3 is 9.72 Å². The second kappa shape index (κ2) is 7.03. The lowest BCUT2D eigenvalue weighted by molar-refractivity contribution is 0.387. The quantitative estimate of drug-likeness (QED) is 0.447. The largest absolute Gasteiger partial charge is 0.494 e. The van der Waals surface area contributed by atoms with Gasteiger partial charge in [0.2, 0.25) is 0 Å². The molecule has 0 saturated heterocycles. The average molecular weight is 458 g/mol. The zero-order chi connectivity index (χ0) is 21.9. The van der Waals surface area contributed by atoms with E-state index < -0.39 is 17.1 Å². The number of benzene rings is 1. The summed E-state index contributed by atoms with van der Waals surface area (Å²) in [4.78, 5) is 33.5. The van der Waals surface area contributed by atoms with Crippen molar-refractivity contribution in [2.45, 2.75) is 0 Å². The standard InChI is InChI=1S/C20H13ClFN5O3S/c1-26-8-10-14(25-26)6-23-7-15(10)27-19(28)18-13(24-20(27)29)5-17(31-18)9-3-16(30-2)12(22)4-11(9)21/h3-8H,1-2H3,(H,24,29). The normalized spacial score (nSPS) is 11.5. The Hall–Kier alpha value is -3.50. The summed E-state index contributed by atoms with van der Waals surface area (Å²) < 4.78 is 21.9. The SMILES string of the molecule is COc1cc(-c2cc3[nH]c(=O)n(-c4cncc5nn(C)cc45)c(=O)c3s2)c(Cl)cc1F. The van der Waals surface area contributed by atoms with Crippen molar-refractivity contribution in [3.63, 3.8) is 0 Å². The smallest absolute Gasteiger partial charge is 0.333 e. The summed E-state index contributed by atoms with van der Waals surface area (Å²) in [5.41, 5.74) is 0.626. The van der Waals surface area contributed by atoms with Crippen LogP contribution in [0, 0.1) is 5.82 Å². The number of ether oxygens (including phenoxy) is 1. The van der Waals surface area contributed by atoms with Crippen LogP contribution < -0.4 is 16.0 Å². The van der Waals surface area contributed by atoms with E-state index in [1.165, 1.54) is 19.4 Å². The van der Waals surface area contributed by atoms with Crippen molar-refractivity contribution < 1.29 is 9.13 Å². The number of nitrogens with one attached hydrogen (secondary N) is 1. The van der Waals surface area contributed by atoms with E-state index in [-0.39, 0.29) is 10.8 Å². The number of H-pyrrole nitrogens is 1. The molecular formula is C20H13ClFN5O3S. The fourth-order valence-corrected chi connectivity index (χ4v) is 4.84. The van der Waals surface area contributed by atoms with Crippen LogP contribution in [0.5, 0.6) is 5.75 Å². The lowest BCUT2D eigenvalue weighted by Crippen LogP contribution is -2.33. The second-order valence-corrected chi connectivity index (χ2v) is 8.24. The van der Waals surface area contributed by atoms with Crippen LogP contribution in [0.3, 0.4) is 0 Å². The van der Waals surface area contributed by atoms with Crippen molar-refractivity contribution in [3.8, 4) is 21.9 Å². The topological polar surface area (TPSA) is 94.8 Å².